The number of nitrogens with one attached hydrogen (secondary N) is 1. The maximum atomic E-state index is 12.2. The van der Waals surface area contributed by atoms with E-state index in [1.165, 1.54) is 42.7 Å². The Morgan fingerprint density at radius 1 is 1.27 bits per heavy atom. The molecule has 30 heavy (non-hydrogen) atoms. The van der Waals surface area contributed by atoms with Gasteiger partial charge in [0.25, 0.3) is 5.91 Å². The number of amides is 2. The number of carboxylic acid groups (broad SMARTS) is 1. The van der Waals surface area contributed by atoms with Crippen molar-refractivity contribution in [3.8, 4) is 0 Å². The summed E-state index contributed by atoms with van der Waals surface area (Å²) < 4.78 is 0. The molecule has 1 fully saturated rings. The van der Waals surface area contributed by atoms with E-state index in [1.807, 2.05) is 17.5 Å². The molecule has 0 unspecified atom stereocenters. The molecule has 0 saturated carbocycles. The summed E-state index contributed by atoms with van der Waals surface area (Å²) in [4.78, 5) is 40.0. The van der Waals surface area contributed by atoms with Crippen molar-refractivity contribution in [2.75, 3.05) is 32.0 Å². The van der Waals surface area contributed by atoms with Crippen LogP contribution in [0.25, 0.3) is 0 Å². The standard InChI is InChI=1S/C14H14N2O5S2.C6H15N/c17-5-7-6-23-13-10(12(19)16(13)11(7)14(20)21)15-9(18)4-8-2-1-3-22-8;1-4-7(5-2)6-3/h1-3,10,13,17H,4-6H2,(H,15,18)(H,20,21);4-6H2,1-3H3/t10-,13-;/m1./s1. The molecule has 166 valence electrons. The van der Waals surface area contributed by atoms with Crippen LogP contribution in [0.3, 0.4) is 0 Å². The van der Waals surface area contributed by atoms with Gasteiger partial charge in [0.2, 0.25) is 5.91 Å². The molecular weight excluding hydrogens is 426 g/mol. The van der Waals surface area contributed by atoms with Gasteiger partial charge in [-0.05, 0) is 36.7 Å². The lowest BCUT2D eigenvalue weighted by Crippen LogP contribution is -2.70. The molecule has 1 aromatic rings. The lowest BCUT2D eigenvalue weighted by Gasteiger charge is -2.49. The molecule has 3 rings (SSSR count). The average Bonchev–Trinajstić information content (AvgIpc) is 3.25. The van der Waals surface area contributed by atoms with Crippen molar-refractivity contribution >= 4 is 40.9 Å². The van der Waals surface area contributed by atoms with Crippen LogP contribution in [0.5, 0.6) is 0 Å². The van der Waals surface area contributed by atoms with Gasteiger partial charge in [0.15, 0.2) is 0 Å². The van der Waals surface area contributed by atoms with Crippen molar-refractivity contribution in [1.82, 2.24) is 15.1 Å². The van der Waals surface area contributed by atoms with Gasteiger partial charge >= 0.3 is 5.97 Å². The van der Waals surface area contributed by atoms with Crippen LogP contribution in [0.15, 0.2) is 28.8 Å². The summed E-state index contributed by atoms with van der Waals surface area (Å²) in [6.45, 7) is 9.72. The normalized spacial score (nSPS) is 20.3. The van der Waals surface area contributed by atoms with Crippen molar-refractivity contribution in [3.63, 3.8) is 0 Å². The zero-order valence-electron chi connectivity index (χ0n) is 17.5. The van der Waals surface area contributed by atoms with Crippen LogP contribution in [0, 0.1) is 0 Å². The predicted molar refractivity (Wildman–Crippen MR) is 118 cm³/mol. The monoisotopic (exact) mass is 455 g/mol. The molecule has 8 nitrogen and oxygen atoms in total. The van der Waals surface area contributed by atoms with Crippen LogP contribution < -0.4 is 5.32 Å². The highest BCUT2D eigenvalue weighted by Crippen LogP contribution is 2.40. The Morgan fingerprint density at radius 2 is 1.93 bits per heavy atom. The molecule has 0 aliphatic carbocycles. The number of fused-ring (bicyclic) bond motifs is 1. The number of nitrogens with zero attached hydrogens (tertiary/aromatic N) is 2. The van der Waals surface area contributed by atoms with E-state index < -0.39 is 29.9 Å². The van der Waals surface area contributed by atoms with Gasteiger partial charge in [0.05, 0.1) is 13.0 Å². The minimum atomic E-state index is -1.24. The van der Waals surface area contributed by atoms with Gasteiger partial charge in [-0.1, -0.05) is 26.8 Å². The van der Waals surface area contributed by atoms with Crippen molar-refractivity contribution in [2.45, 2.75) is 38.6 Å². The van der Waals surface area contributed by atoms with E-state index in [0.717, 1.165) is 9.78 Å². The zero-order valence-corrected chi connectivity index (χ0v) is 19.1. The molecule has 3 N–H and O–H groups in total. The lowest BCUT2D eigenvalue weighted by molar-refractivity contribution is -0.150. The fraction of sp³-hybridized carbons (Fsp3) is 0.550. The third-order valence-corrected chi connectivity index (χ3v) is 7.23. The first-order valence-corrected chi connectivity index (χ1v) is 11.9. The quantitative estimate of drug-likeness (QED) is 0.508. The fourth-order valence-electron chi connectivity index (χ4n) is 3.27. The van der Waals surface area contributed by atoms with E-state index in [-0.39, 0.29) is 18.0 Å². The number of aliphatic hydroxyl groups excluding tert-OH is 1. The van der Waals surface area contributed by atoms with Crippen LogP contribution in [0.4, 0.5) is 0 Å². The maximum Gasteiger partial charge on any atom is 0.352 e. The number of rotatable bonds is 8. The highest BCUT2D eigenvalue weighted by molar-refractivity contribution is 8.00. The van der Waals surface area contributed by atoms with Crippen LogP contribution in [0.2, 0.25) is 0 Å². The molecule has 1 aromatic heterocycles. The highest BCUT2D eigenvalue weighted by Gasteiger charge is 2.54. The first-order valence-electron chi connectivity index (χ1n) is 9.92. The molecular formula is C20H29N3O5S2. The fourth-order valence-corrected chi connectivity index (χ4v) is 5.31. The Balaban J connectivity index is 0.000000396. The first kappa shape index (κ1) is 24.4. The molecule has 2 atom stereocenters. The number of aliphatic hydroxyl groups is 1. The van der Waals surface area contributed by atoms with Gasteiger partial charge < -0.3 is 20.4 Å². The van der Waals surface area contributed by atoms with E-state index in [9.17, 15) is 24.6 Å². The Kier molecular flexibility index (Phi) is 9.35. The van der Waals surface area contributed by atoms with Crippen molar-refractivity contribution in [3.05, 3.63) is 33.7 Å². The van der Waals surface area contributed by atoms with Gasteiger partial charge in [-0.15, -0.1) is 23.1 Å². The molecule has 0 bridgehead atoms. The first-order chi connectivity index (χ1) is 14.4. The second-order valence-corrected chi connectivity index (χ2v) is 8.88. The lowest BCUT2D eigenvalue weighted by atomic mass is 10.0. The maximum absolute atomic E-state index is 12.2. The number of thiophene rings is 1. The summed E-state index contributed by atoms with van der Waals surface area (Å²) in [5.41, 5.74) is 0.153. The number of β-lactam (4-membered cyclic amide) rings is 1. The van der Waals surface area contributed by atoms with Crippen molar-refractivity contribution in [2.24, 2.45) is 0 Å². The van der Waals surface area contributed by atoms with E-state index in [2.05, 4.69) is 31.0 Å². The van der Waals surface area contributed by atoms with Gasteiger partial charge in [0.1, 0.15) is 17.1 Å². The van der Waals surface area contributed by atoms with Crippen molar-refractivity contribution < 1.29 is 24.6 Å². The highest BCUT2D eigenvalue weighted by atomic mass is 32.2. The van der Waals surface area contributed by atoms with E-state index in [4.69, 9.17) is 0 Å². The summed E-state index contributed by atoms with van der Waals surface area (Å²) >= 11 is 2.80. The Bertz CT molecular complexity index is 772. The van der Waals surface area contributed by atoms with E-state index in [0.29, 0.717) is 11.3 Å². The van der Waals surface area contributed by atoms with E-state index in [1.54, 1.807) is 0 Å². The Labute approximate surface area is 184 Å². The molecule has 3 heterocycles. The summed E-state index contributed by atoms with van der Waals surface area (Å²) in [6.07, 6.45) is 0.197. The largest absolute Gasteiger partial charge is 0.477 e. The number of aliphatic carboxylic acids is 1. The molecule has 2 aliphatic heterocycles. The van der Waals surface area contributed by atoms with Crippen molar-refractivity contribution in [1.29, 1.82) is 0 Å². The number of carboxylic acids is 1. The number of carbonyl (C=O) groups is 3. The van der Waals surface area contributed by atoms with Gasteiger partial charge in [0, 0.05) is 10.6 Å². The molecule has 2 aliphatic rings. The van der Waals surface area contributed by atoms with Gasteiger partial charge in [-0.25, -0.2) is 4.79 Å². The summed E-state index contributed by atoms with van der Waals surface area (Å²) in [6, 6.07) is 2.97. The summed E-state index contributed by atoms with van der Waals surface area (Å²) in [7, 11) is 0. The van der Waals surface area contributed by atoms with Gasteiger partial charge in [-0.2, -0.15) is 0 Å². The van der Waals surface area contributed by atoms with Crippen LogP contribution in [-0.4, -0.2) is 81.2 Å². The average molecular weight is 456 g/mol. The number of thioether (sulfide) groups is 1. The molecule has 1 saturated heterocycles. The third kappa shape index (κ3) is 5.63. The molecule has 0 spiro atoms. The number of carbonyl (C=O) groups excluding carboxylic acids is 2. The second-order valence-electron chi connectivity index (χ2n) is 6.75. The Morgan fingerprint density at radius 3 is 2.40 bits per heavy atom. The molecule has 0 aromatic carbocycles. The second kappa shape index (κ2) is 11.5. The molecule has 2 amide bonds. The zero-order chi connectivity index (χ0) is 22.3. The smallest absolute Gasteiger partial charge is 0.352 e. The molecule has 10 heteroatoms. The number of hydrogen-bond donors (Lipinski definition) is 3. The summed E-state index contributed by atoms with van der Waals surface area (Å²) in [5.74, 6) is -1.63. The minimum Gasteiger partial charge on any atom is -0.477 e. The predicted octanol–water partition coefficient (Wildman–Crippen LogP) is 1.37. The third-order valence-electron chi connectivity index (χ3n) is 5.01. The minimum absolute atomic E-state index is 0.162. The summed E-state index contributed by atoms with van der Waals surface area (Å²) in [5, 5.41) is 22.6. The Hall–Kier alpha value is -1.88. The van der Waals surface area contributed by atoms with Crippen LogP contribution >= 0.6 is 23.1 Å². The molecule has 0 radical (unpaired) electrons. The number of hydrogen-bond acceptors (Lipinski definition) is 7. The van der Waals surface area contributed by atoms with Crippen LogP contribution in [-0.2, 0) is 20.8 Å². The van der Waals surface area contributed by atoms with E-state index >= 15 is 0 Å². The van der Waals surface area contributed by atoms with Gasteiger partial charge in [-0.3, -0.25) is 14.5 Å². The van der Waals surface area contributed by atoms with Crippen LogP contribution in [0.1, 0.15) is 25.6 Å². The topological polar surface area (TPSA) is 110 Å². The SMILES string of the molecule is CCN(CC)CC.O=C(Cc1cccs1)N[C@@H]1C(=O)N2C(C(=O)O)=C(CO)CS[C@H]12.